The predicted octanol–water partition coefficient (Wildman–Crippen LogP) is 4.02. The molecule has 1 amide bonds. The van der Waals surface area contributed by atoms with Gasteiger partial charge in [0.1, 0.15) is 16.6 Å². The highest BCUT2D eigenvalue weighted by atomic mass is 35.5. The van der Waals surface area contributed by atoms with Gasteiger partial charge in [-0.15, -0.1) is 6.42 Å². The van der Waals surface area contributed by atoms with E-state index in [1.807, 2.05) is 6.92 Å². The Bertz CT molecular complexity index is 817. The molecule has 2 N–H and O–H groups in total. The molecule has 5 nitrogen and oxygen atoms in total. The number of terminal acetylenes is 1. The van der Waals surface area contributed by atoms with Gasteiger partial charge in [-0.3, -0.25) is 4.79 Å². The van der Waals surface area contributed by atoms with Crippen LogP contribution in [0.4, 0.5) is 11.5 Å². The normalized spacial score (nSPS) is 12.6. The van der Waals surface area contributed by atoms with E-state index in [0.29, 0.717) is 34.3 Å². The first-order valence-corrected chi connectivity index (χ1v) is 8.16. The van der Waals surface area contributed by atoms with E-state index in [1.165, 1.54) is 7.11 Å². The number of nitrogens with one attached hydrogen (secondary N) is 2. The van der Waals surface area contributed by atoms with Crippen molar-refractivity contribution >= 4 is 29.0 Å². The second-order valence-electron chi connectivity index (χ2n) is 5.63. The van der Waals surface area contributed by atoms with Crippen molar-refractivity contribution in [1.82, 2.24) is 10.3 Å². The van der Waals surface area contributed by atoms with E-state index in [1.54, 1.807) is 43.5 Å². The number of rotatable bonds is 6. The number of halogens is 1. The van der Waals surface area contributed by atoms with Gasteiger partial charge in [0.05, 0.1) is 23.9 Å². The Hall–Kier alpha value is -2.71. The number of pyridine rings is 1. The molecule has 2 aromatic rings. The Morgan fingerprint density at radius 2 is 2.16 bits per heavy atom. The average molecular weight is 358 g/mol. The zero-order valence-corrected chi connectivity index (χ0v) is 15.1. The average Bonchev–Trinajstić information content (AvgIpc) is 2.63. The van der Waals surface area contributed by atoms with Crippen LogP contribution in [0.3, 0.4) is 0 Å². The molecular formula is C19H20ClN3O2. The minimum Gasteiger partial charge on any atom is -0.495 e. The third kappa shape index (κ3) is 4.23. The standard InChI is InChI=1S/C19H20ClN3O2/c1-5-19(3,6-2)23-18(24)13-9-8-12-21-17(13)22-14-10-7-11-15(25-4)16(14)20/h1,7-12H,6H2,2-4H3,(H,21,22)(H,23,24)/t19-/m0/s1. The topological polar surface area (TPSA) is 63.2 Å². The highest BCUT2D eigenvalue weighted by molar-refractivity contribution is 6.34. The number of aromatic nitrogens is 1. The van der Waals surface area contributed by atoms with Crippen molar-refractivity contribution in [2.75, 3.05) is 12.4 Å². The van der Waals surface area contributed by atoms with E-state index >= 15 is 0 Å². The number of methoxy groups -OCH3 is 1. The molecule has 0 saturated heterocycles. The largest absolute Gasteiger partial charge is 0.495 e. The number of benzene rings is 1. The fourth-order valence-electron chi connectivity index (χ4n) is 2.13. The van der Waals surface area contributed by atoms with E-state index in [9.17, 15) is 4.79 Å². The third-order valence-corrected chi connectivity index (χ3v) is 4.29. The lowest BCUT2D eigenvalue weighted by molar-refractivity contribution is 0.0924. The predicted molar refractivity (Wildman–Crippen MR) is 101 cm³/mol. The van der Waals surface area contributed by atoms with E-state index < -0.39 is 5.54 Å². The van der Waals surface area contributed by atoms with Crippen LogP contribution in [0, 0.1) is 12.3 Å². The molecular weight excluding hydrogens is 338 g/mol. The van der Waals surface area contributed by atoms with Crippen molar-refractivity contribution in [2.45, 2.75) is 25.8 Å². The molecule has 0 radical (unpaired) electrons. The minimum atomic E-state index is -0.724. The van der Waals surface area contributed by atoms with Crippen LogP contribution in [0.25, 0.3) is 0 Å². The molecule has 6 heteroatoms. The van der Waals surface area contributed by atoms with Gasteiger partial charge < -0.3 is 15.4 Å². The Labute approximate surface area is 152 Å². The lowest BCUT2D eigenvalue weighted by Gasteiger charge is -2.24. The maximum atomic E-state index is 12.7. The second-order valence-corrected chi connectivity index (χ2v) is 6.01. The number of hydrogen-bond acceptors (Lipinski definition) is 4. The van der Waals surface area contributed by atoms with E-state index in [0.717, 1.165) is 0 Å². The first kappa shape index (κ1) is 18.6. The van der Waals surface area contributed by atoms with Gasteiger partial charge in [-0.25, -0.2) is 4.98 Å². The maximum absolute atomic E-state index is 12.7. The van der Waals surface area contributed by atoms with Gasteiger partial charge in [0, 0.05) is 6.20 Å². The number of hydrogen-bond donors (Lipinski definition) is 2. The Kier molecular flexibility index (Phi) is 5.89. The van der Waals surface area contributed by atoms with Crippen molar-refractivity contribution < 1.29 is 9.53 Å². The fourth-order valence-corrected chi connectivity index (χ4v) is 2.38. The number of ether oxygens (including phenoxy) is 1. The summed E-state index contributed by atoms with van der Waals surface area (Å²) in [6.07, 6.45) is 7.73. The van der Waals surface area contributed by atoms with Gasteiger partial charge in [0.2, 0.25) is 0 Å². The Balaban J connectivity index is 2.33. The van der Waals surface area contributed by atoms with Crippen LogP contribution in [0.2, 0.25) is 5.02 Å². The molecule has 1 aromatic carbocycles. The molecule has 130 valence electrons. The van der Waals surface area contributed by atoms with Gasteiger partial charge in [-0.05, 0) is 37.6 Å². The van der Waals surface area contributed by atoms with Crippen LogP contribution >= 0.6 is 11.6 Å². The van der Waals surface area contributed by atoms with Crippen LogP contribution in [-0.2, 0) is 0 Å². The van der Waals surface area contributed by atoms with Crippen molar-refractivity contribution in [2.24, 2.45) is 0 Å². The molecule has 1 atom stereocenters. The second kappa shape index (κ2) is 7.91. The molecule has 0 fully saturated rings. The first-order chi connectivity index (χ1) is 11.9. The lowest BCUT2D eigenvalue weighted by atomic mass is 9.99. The van der Waals surface area contributed by atoms with Crippen molar-refractivity contribution in [3.8, 4) is 18.1 Å². The number of anilines is 2. The van der Waals surface area contributed by atoms with E-state index in [4.69, 9.17) is 22.8 Å². The van der Waals surface area contributed by atoms with Gasteiger partial charge in [0.15, 0.2) is 0 Å². The number of amides is 1. The molecule has 1 heterocycles. The van der Waals surface area contributed by atoms with Gasteiger partial charge in [-0.1, -0.05) is 30.5 Å². The summed E-state index contributed by atoms with van der Waals surface area (Å²) in [4.78, 5) is 16.9. The van der Waals surface area contributed by atoms with Crippen LogP contribution in [-0.4, -0.2) is 23.5 Å². The molecule has 0 spiro atoms. The zero-order chi connectivity index (χ0) is 18.4. The van der Waals surface area contributed by atoms with Crippen molar-refractivity contribution in [1.29, 1.82) is 0 Å². The molecule has 0 aliphatic rings. The van der Waals surface area contributed by atoms with Crippen LogP contribution in [0.5, 0.6) is 5.75 Å². The smallest absolute Gasteiger partial charge is 0.256 e. The summed E-state index contributed by atoms with van der Waals surface area (Å²) in [5.41, 5.74) is 0.234. The highest BCUT2D eigenvalue weighted by Gasteiger charge is 2.24. The third-order valence-electron chi connectivity index (χ3n) is 3.90. The molecule has 2 rings (SSSR count). The quantitative estimate of drug-likeness (QED) is 0.766. The fraction of sp³-hybridized carbons (Fsp3) is 0.263. The molecule has 1 aromatic heterocycles. The van der Waals surface area contributed by atoms with Crippen molar-refractivity contribution in [3.05, 3.63) is 47.1 Å². The minimum absolute atomic E-state index is 0.308. The molecule has 25 heavy (non-hydrogen) atoms. The number of carbonyl (C=O) groups excluding carboxylic acids is 1. The maximum Gasteiger partial charge on any atom is 0.256 e. The summed E-state index contributed by atoms with van der Waals surface area (Å²) < 4.78 is 5.20. The summed E-state index contributed by atoms with van der Waals surface area (Å²) in [5, 5.41) is 6.35. The van der Waals surface area contributed by atoms with Crippen LogP contribution in [0.15, 0.2) is 36.5 Å². The molecule has 0 saturated carbocycles. The summed E-state index contributed by atoms with van der Waals surface area (Å²) in [6.45, 7) is 3.71. The Morgan fingerprint density at radius 1 is 1.40 bits per heavy atom. The van der Waals surface area contributed by atoms with E-state index in [-0.39, 0.29) is 5.91 Å². The summed E-state index contributed by atoms with van der Waals surface area (Å²) in [7, 11) is 1.54. The molecule has 0 unspecified atom stereocenters. The van der Waals surface area contributed by atoms with Gasteiger partial charge in [0.25, 0.3) is 5.91 Å². The first-order valence-electron chi connectivity index (χ1n) is 7.79. The summed E-state index contributed by atoms with van der Waals surface area (Å²) in [5.74, 6) is 3.21. The molecule has 0 bridgehead atoms. The summed E-state index contributed by atoms with van der Waals surface area (Å²) in [6, 6.07) is 8.68. The van der Waals surface area contributed by atoms with Gasteiger partial charge in [-0.2, -0.15) is 0 Å². The van der Waals surface area contributed by atoms with E-state index in [2.05, 4.69) is 21.5 Å². The molecule has 0 aliphatic carbocycles. The van der Waals surface area contributed by atoms with Crippen LogP contribution < -0.4 is 15.4 Å². The lowest BCUT2D eigenvalue weighted by Crippen LogP contribution is -2.44. The van der Waals surface area contributed by atoms with Crippen molar-refractivity contribution in [3.63, 3.8) is 0 Å². The highest BCUT2D eigenvalue weighted by Crippen LogP contribution is 2.33. The van der Waals surface area contributed by atoms with Crippen LogP contribution in [0.1, 0.15) is 30.6 Å². The number of carbonyl (C=O) groups is 1. The summed E-state index contributed by atoms with van der Waals surface area (Å²) >= 11 is 6.30. The SMILES string of the molecule is C#C[C@@](C)(CC)NC(=O)c1cccnc1Nc1cccc(OC)c1Cl. The number of nitrogens with zero attached hydrogens (tertiary/aromatic N) is 1. The monoisotopic (exact) mass is 357 g/mol. The van der Waals surface area contributed by atoms with Gasteiger partial charge >= 0.3 is 0 Å². The Morgan fingerprint density at radius 3 is 2.80 bits per heavy atom. The molecule has 0 aliphatic heterocycles. The zero-order valence-electron chi connectivity index (χ0n) is 14.4.